The standard InChI is InChI=1S/C12H15FO2/c1-8-7-12(15-9(2)14-8)10-3-5-11(13)6-4-10/h3-6,8-9,12H,7H2,1-2H3. The Kier molecular flexibility index (Phi) is 3.03. The van der Waals surface area contributed by atoms with E-state index in [1.165, 1.54) is 12.1 Å². The molecule has 0 aliphatic carbocycles. The molecule has 1 aliphatic heterocycles. The molecule has 0 radical (unpaired) electrons. The lowest BCUT2D eigenvalue weighted by Crippen LogP contribution is -2.30. The van der Waals surface area contributed by atoms with Gasteiger partial charge in [-0.25, -0.2) is 4.39 Å². The van der Waals surface area contributed by atoms with Crippen molar-refractivity contribution in [2.24, 2.45) is 0 Å². The van der Waals surface area contributed by atoms with Crippen LogP contribution >= 0.6 is 0 Å². The minimum atomic E-state index is -0.216. The van der Waals surface area contributed by atoms with Crippen LogP contribution in [0.2, 0.25) is 0 Å². The molecule has 0 amide bonds. The minimum absolute atomic E-state index is 0.0179. The molecule has 1 saturated heterocycles. The van der Waals surface area contributed by atoms with Gasteiger partial charge in [0.05, 0.1) is 12.2 Å². The summed E-state index contributed by atoms with van der Waals surface area (Å²) >= 11 is 0. The van der Waals surface area contributed by atoms with Gasteiger partial charge in [-0.1, -0.05) is 12.1 Å². The van der Waals surface area contributed by atoms with E-state index in [9.17, 15) is 4.39 Å². The fraction of sp³-hybridized carbons (Fsp3) is 0.500. The molecule has 0 aromatic heterocycles. The summed E-state index contributed by atoms with van der Waals surface area (Å²) in [7, 11) is 0. The van der Waals surface area contributed by atoms with Crippen molar-refractivity contribution in [3.8, 4) is 0 Å². The average molecular weight is 210 g/mol. The summed E-state index contributed by atoms with van der Waals surface area (Å²) in [5, 5.41) is 0. The predicted octanol–water partition coefficient (Wildman–Crippen LogP) is 3.04. The first-order chi connectivity index (χ1) is 7.15. The van der Waals surface area contributed by atoms with Gasteiger partial charge < -0.3 is 9.47 Å². The monoisotopic (exact) mass is 210 g/mol. The maximum Gasteiger partial charge on any atom is 0.155 e. The lowest BCUT2D eigenvalue weighted by atomic mass is 10.0. The molecule has 2 rings (SSSR count). The lowest BCUT2D eigenvalue weighted by molar-refractivity contribution is -0.231. The van der Waals surface area contributed by atoms with Gasteiger partial charge in [-0.3, -0.25) is 0 Å². The van der Waals surface area contributed by atoms with E-state index in [0.29, 0.717) is 0 Å². The van der Waals surface area contributed by atoms with Crippen LogP contribution in [0.15, 0.2) is 24.3 Å². The first kappa shape index (κ1) is 10.6. The molecule has 0 saturated carbocycles. The molecular weight excluding hydrogens is 195 g/mol. The van der Waals surface area contributed by atoms with Crippen molar-refractivity contribution in [3.05, 3.63) is 35.6 Å². The predicted molar refractivity (Wildman–Crippen MR) is 54.9 cm³/mol. The topological polar surface area (TPSA) is 18.5 Å². The van der Waals surface area contributed by atoms with E-state index in [1.807, 2.05) is 13.8 Å². The van der Waals surface area contributed by atoms with Crippen molar-refractivity contribution in [2.75, 3.05) is 0 Å². The zero-order valence-electron chi connectivity index (χ0n) is 8.94. The summed E-state index contributed by atoms with van der Waals surface area (Å²) < 4.78 is 23.8. The molecule has 1 aromatic carbocycles. The van der Waals surface area contributed by atoms with Crippen LogP contribution in [0.1, 0.15) is 31.9 Å². The third-order valence-corrected chi connectivity index (χ3v) is 2.57. The maximum absolute atomic E-state index is 12.7. The number of hydrogen-bond donors (Lipinski definition) is 0. The number of benzene rings is 1. The normalized spacial score (nSPS) is 31.5. The second-order valence-electron chi connectivity index (χ2n) is 3.93. The largest absolute Gasteiger partial charge is 0.350 e. The van der Waals surface area contributed by atoms with Gasteiger partial charge in [0, 0.05) is 6.42 Å². The SMILES string of the molecule is CC1CC(c2ccc(F)cc2)OC(C)O1. The van der Waals surface area contributed by atoms with Gasteiger partial charge >= 0.3 is 0 Å². The molecule has 1 heterocycles. The Hall–Kier alpha value is -0.930. The fourth-order valence-corrected chi connectivity index (χ4v) is 1.90. The number of hydrogen-bond acceptors (Lipinski definition) is 2. The van der Waals surface area contributed by atoms with E-state index >= 15 is 0 Å². The Morgan fingerprint density at radius 2 is 1.80 bits per heavy atom. The van der Waals surface area contributed by atoms with Crippen LogP contribution in [0.5, 0.6) is 0 Å². The Labute approximate surface area is 89.0 Å². The van der Waals surface area contributed by atoms with Crippen molar-refractivity contribution in [2.45, 2.75) is 38.8 Å². The Balaban J connectivity index is 2.12. The van der Waals surface area contributed by atoms with Crippen LogP contribution in [-0.2, 0) is 9.47 Å². The van der Waals surface area contributed by atoms with Gasteiger partial charge in [0.25, 0.3) is 0 Å². The Morgan fingerprint density at radius 3 is 2.40 bits per heavy atom. The van der Waals surface area contributed by atoms with E-state index in [2.05, 4.69) is 0 Å². The molecule has 0 spiro atoms. The molecule has 82 valence electrons. The highest BCUT2D eigenvalue weighted by Crippen LogP contribution is 2.30. The highest BCUT2D eigenvalue weighted by atomic mass is 19.1. The second-order valence-corrected chi connectivity index (χ2v) is 3.93. The summed E-state index contributed by atoms with van der Waals surface area (Å²) in [6.07, 6.45) is 0.827. The van der Waals surface area contributed by atoms with E-state index in [-0.39, 0.29) is 24.3 Å². The minimum Gasteiger partial charge on any atom is -0.350 e. The molecule has 1 aliphatic rings. The Bertz CT molecular complexity index is 313. The molecule has 1 aromatic rings. The van der Waals surface area contributed by atoms with Crippen LogP contribution in [0.3, 0.4) is 0 Å². The molecule has 0 bridgehead atoms. The van der Waals surface area contributed by atoms with Crippen LogP contribution in [-0.4, -0.2) is 12.4 Å². The summed E-state index contributed by atoms with van der Waals surface area (Å²) in [4.78, 5) is 0. The first-order valence-electron chi connectivity index (χ1n) is 5.21. The van der Waals surface area contributed by atoms with Gasteiger partial charge in [-0.05, 0) is 31.5 Å². The zero-order valence-corrected chi connectivity index (χ0v) is 8.94. The van der Waals surface area contributed by atoms with Gasteiger partial charge in [0.1, 0.15) is 5.82 Å². The number of halogens is 1. The van der Waals surface area contributed by atoms with Gasteiger partial charge in [0.15, 0.2) is 6.29 Å². The summed E-state index contributed by atoms with van der Waals surface area (Å²) in [6.45, 7) is 3.90. The van der Waals surface area contributed by atoms with Gasteiger partial charge in [-0.15, -0.1) is 0 Å². The highest BCUT2D eigenvalue weighted by Gasteiger charge is 2.25. The summed E-state index contributed by atoms with van der Waals surface area (Å²) in [6, 6.07) is 6.46. The van der Waals surface area contributed by atoms with Crippen molar-refractivity contribution in [1.82, 2.24) is 0 Å². The van der Waals surface area contributed by atoms with Crippen molar-refractivity contribution < 1.29 is 13.9 Å². The Morgan fingerprint density at radius 1 is 1.13 bits per heavy atom. The third kappa shape index (κ3) is 2.55. The molecule has 3 heteroatoms. The quantitative estimate of drug-likeness (QED) is 0.709. The number of ether oxygens (including phenoxy) is 2. The van der Waals surface area contributed by atoms with Crippen LogP contribution < -0.4 is 0 Å². The van der Waals surface area contributed by atoms with E-state index in [0.717, 1.165) is 12.0 Å². The molecule has 3 unspecified atom stereocenters. The van der Waals surface area contributed by atoms with E-state index < -0.39 is 0 Å². The van der Waals surface area contributed by atoms with Crippen LogP contribution in [0.4, 0.5) is 4.39 Å². The highest BCUT2D eigenvalue weighted by molar-refractivity contribution is 5.19. The second kappa shape index (κ2) is 4.29. The first-order valence-corrected chi connectivity index (χ1v) is 5.21. The van der Waals surface area contributed by atoms with E-state index in [4.69, 9.17) is 9.47 Å². The molecule has 15 heavy (non-hydrogen) atoms. The molecule has 2 nitrogen and oxygen atoms in total. The van der Waals surface area contributed by atoms with Crippen molar-refractivity contribution in [3.63, 3.8) is 0 Å². The van der Waals surface area contributed by atoms with Crippen molar-refractivity contribution in [1.29, 1.82) is 0 Å². The van der Waals surface area contributed by atoms with Gasteiger partial charge in [0.2, 0.25) is 0 Å². The smallest absolute Gasteiger partial charge is 0.155 e. The molecular formula is C12H15FO2. The maximum atomic E-state index is 12.7. The molecule has 0 N–H and O–H groups in total. The van der Waals surface area contributed by atoms with Gasteiger partial charge in [-0.2, -0.15) is 0 Å². The zero-order chi connectivity index (χ0) is 10.8. The lowest BCUT2D eigenvalue weighted by Gasteiger charge is -2.32. The van der Waals surface area contributed by atoms with E-state index in [1.54, 1.807) is 12.1 Å². The summed E-state index contributed by atoms with van der Waals surface area (Å²) in [5.74, 6) is -0.216. The van der Waals surface area contributed by atoms with Crippen molar-refractivity contribution >= 4 is 0 Å². The molecule has 1 fully saturated rings. The average Bonchev–Trinajstić information content (AvgIpc) is 2.17. The summed E-state index contributed by atoms with van der Waals surface area (Å²) in [5.41, 5.74) is 1.01. The number of rotatable bonds is 1. The fourth-order valence-electron chi connectivity index (χ4n) is 1.90. The molecule has 3 atom stereocenters. The van der Waals surface area contributed by atoms with Crippen LogP contribution in [0.25, 0.3) is 0 Å². The third-order valence-electron chi connectivity index (χ3n) is 2.57. The van der Waals surface area contributed by atoms with Crippen LogP contribution in [0, 0.1) is 5.82 Å².